The van der Waals surface area contributed by atoms with E-state index in [4.69, 9.17) is 0 Å². The average molecular weight is 277 g/mol. The number of phenolic OH excluding ortho intramolecular Hbond substituents is 1. The largest absolute Gasteiger partial charge is 0.508 e. The van der Waals surface area contributed by atoms with E-state index in [9.17, 15) is 14.6 Å². The Kier molecular flexibility index (Phi) is 5.81. The summed E-state index contributed by atoms with van der Waals surface area (Å²) in [5.74, 6) is -0.564. The zero-order valence-electron chi connectivity index (χ0n) is 9.97. The summed E-state index contributed by atoms with van der Waals surface area (Å²) in [6.45, 7) is 3.13. The van der Waals surface area contributed by atoms with Gasteiger partial charge in [-0.1, -0.05) is 6.07 Å². The van der Waals surface area contributed by atoms with Crippen molar-refractivity contribution in [3.63, 3.8) is 0 Å². The maximum atomic E-state index is 13.7. The van der Waals surface area contributed by atoms with Crippen LogP contribution in [0.15, 0.2) is 18.2 Å². The van der Waals surface area contributed by atoms with E-state index in [-0.39, 0.29) is 30.8 Å². The molecule has 1 aliphatic rings. The Morgan fingerprint density at radius 1 is 1.33 bits per heavy atom. The second-order valence-electron chi connectivity index (χ2n) is 4.19. The minimum absolute atomic E-state index is 0. The summed E-state index contributed by atoms with van der Waals surface area (Å²) in [4.78, 5) is 2.05. The molecule has 0 radical (unpaired) electrons. The SMILES string of the molecule is Cl.OC[C@H](c1ccc(O)cc1F)N1CCNCC1. The average Bonchev–Trinajstić information content (AvgIpc) is 2.34. The number of piperazine rings is 1. The van der Waals surface area contributed by atoms with Crippen LogP contribution in [-0.4, -0.2) is 47.9 Å². The van der Waals surface area contributed by atoms with E-state index in [1.165, 1.54) is 12.1 Å². The van der Waals surface area contributed by atoms with E-state index in [1.54, 1.807) is 0 Å². The molecule has 0 spiro atoms. The van der Waals surface area contributed by atoms with Crippen LogP contribution in [0.5, 0.6) is 5.75 Å². The Hall–Kier alpha value is -0.880. The molecule has 1 aromatic carbocycles. The van der Waals surface area contributed by atoms with Crippen molar-refractivity contribution in [1.82, 2.24) is 10.2 Å². The zero-order chi connectivity index (χ0) is 12.3. The molecule has 1 aromatic rings. The third kappa shape index (κ3) is 3.32. The van der Waals surface area contributed by atoms with Crippen LogP contribution in [0.3, 0.4) is 0 Å². The predicted molar refractivity (Wildman–Crippen MR) is 69.6 cm³/mol. The van der Waals surface area contributed by atoms with Gasteiger partial charge in [-0.25, -0.2) is 4.39 Å². The summed E-state index contributed by atoms with van der Waals surface area (Å²) in [6, 6.07) is 3.73. The number of nitrogens with one attached hydrogen (secondary N) is 1. The van der Waals surface area contributed by atoms with E-state index >= 15 is 0 Å². The van der Waals surface area contributed by atoms with Crippen molar-refractivity contribution in [1.29, 1.82) is 0 Å². The molecule has 6 heteroatoms. The number of hydrogen-bond acceptors (Lipinski definition) is 4. The van der Waals surface area contributed by atoms with Gasteiger partial charge in [-0.15, -0.1) is 12.4 Å². The van der Waals surface area contributed by atoms with Gasteiger partial charge in [-0.2, -0.15) is 0 Å². The van der Waals surface area contributed by atoms with E-state index in [0.717, 1.165) is 32.2 Å². The van der Waals surface area contributed by atoms with E-state index in [1.807, 2.05) is 4.90 Å². The van der Waals surface area contributed by atoms with Crippen molar-refractivity contribution in [3.8, 4) is 5.75 Å². The summed E-state index contributed by atoms with van der Waals surface area (Å²) < 4.78 is 13.7. The highest BCUT2D eigenvalue weighted by atomic mass is 35.5. The maximum absolute atomic E-state index is 13.7. The van der Waals surface area contributed by atoms with Gasteiger partial charge in [-0.05, 0) is 6.07 Å². The number of benzene rings is 1. The molecule has 2 rings (SSSR count). The quantitative estimate of drug-likeness (QED) is 0.768. The van der Waals surface area contributed by atoms with Gasteiger partial charge in [0, 0.05) is 37.8 Å². The lowest BCUT2D eigenvalue weighted by Crippen LogP contribution is -2.46. The highest BCUT2D eigenvalue weighted by Gasteiger charge is 2.23. The monoisotopic (exact) mass is 276 g/mol. The van der Waals surface area contributed by atoms with Gasteiger partial charge in [-0.3, -0.25) is 4.90 Å². The van der Waals surface area contributed by atoms with Gasteiger partial charge in [0.25, 0.3) is 0 Å². The minimum Gasteiger partial charge on any atom is -0.508 e. The van der Waals surface area contributed by atoms with Crippen LogP contribution in [0.25, 0.3) is 0 Å². The Morgan fingerprint density at radius 2 is 2.00 bits per heavy atom. The van der Waals surface area contributed by atoms with Gasteiger partial charge >= 0.3 is 0 Å². The minimum atomic E-state index is -0.470. The van der Waals surface area contributed by atoms with Crippen molar-refractivity contribution in [2.75, 3.05) is 32.8 Å². The van der Waals surface area contributed by atoms with E-state index in [0.29, 0.717) is 5.56 Å². The van der Waals surface area contributed by atoms with Crippen LogP contribution in [0.1, 0.15) is 11.6 Å². The molecule has 0 unspecified atom stereocenters. The third-order valence-corrected chi connectivity index (χ3v) is 3.11. The number of hydrogen-bond donors (Lipinski definition) is 3. The Bertz CT molecular complexity index is 386. The maximum Gasteiger partial charge on any atom is 0.131 e. The second-order valence-corrected chi connectivity index (χ2v) is 4.19. The van der Waals surface area contributed by atoms with Crippen LogP contribution < -0.4 is 5.32 Å². The van der Waals surface area contributed by atoms with Crippen molar-refractivity contribution in [2.24, 2.45) is 0 Å². The number of rotatable bonds is 3. The first-order valence-electron chi connectivity index (χ1n) is 5.76. The Labute approximate surface area is 112 Å². The Morgan fingerprint density at radius 3 is 2.56 bits per heavy atom. The highest BCUT2D eigenvalue weighted by molar-refractivity contribution is 5.85. The first-order valence-corrected chi connectivity index (χ1v) is 5.76. The lowest BCUT2D eigenvalue weighted by molar-refractivity contribution is 0.108. The van der Waals surface area contributed by atoms with E-state index in [2.05, 4.69) is 5.32 Å². The number of aliphatic hydroxyl groups is 1. The van der Waals surface area contributed by atoms with Gasteiger partial charge in [0.15, 0.2) is 0 Å². The normalized spacial score (nSPS) is 18.1. The molecule has 0 aliphatic carbocycles. The molecule has 0 aromatic heterocycles. The number of aliphatic hydroxyl groups excluding tert-OH is 1. The molecule has 4 nitrogen and oxygen atoms in total. The predicted octanol–water partition coefficient (Wildman–Crippen LogP) is 0.892. The van der Waals surface area contributed by atoms with Gasteiger partial charge < -0.3 is 15.5 Å². The molecule has 1 fully saturated rings. The molecular formula is C12H18ClFN2O2. The van der Waals surface area contributed by atoms with Gasteiger partial charge in [0.05, 0.1) is 12.6 Å². The van der Waals surface area contributed by atoms with Crippen LogP contribution in [0.2, 0.25) is 0 Å². The highest BCUT2D eigenvalue weighted by Crippen LogP contribution is 2.25. The first-order chi connectivity index (χ1) is 8.22. The molecular weight excluding hydrogens is 259 g/mol. The van der Waals surface area contributed by atoms with E-state index < -0.39 is 5.82 Å². The zero-order valence-corrected chi connectivity index (χ0v) is 10.8. The lowest BCUT2D eigenvalue weighted by atomic mass is 10.0. The fourth-order valence-electron chi connectivity index (χ4n) is 2.19. The number of nitrogens with zero attached hydrogens (tertiary/aromatic N) is 1. The molecule has 0 bridgehead atoms. The molecule has 18 heavy (non-hydrogen) atoms. The third-order valence-electron chi connectivity index (χ3n) is 3.11. The first kappa shape index (κ1) is 15.2. The molecule has 3 N–H and O–H groups in total. The summed E-state index contributed by atoms with van der Waals surface area (Å²) in [7, 11) is 0. The van der Waals surface area contributed by atoms with Gasteiger partial charge in [0.1, 0.15) is 11.6 Å². The molecule has 0 saturated carbocycles. The van der Waals surface area contributed by atoms with Gasteiger partial charge in [0.2, 0.25) is 0 Å². The molecule has 0 amide bonds. The number of halogens is 2. The Balaban J connectivity index is 0.00000162. The summed E-state index contributed by atoms with van der Waals surface area (Å²) in [6.07, 6.45) is 0. The second kappa shape index (κ2) is 6.89. The molecule has 1 aliphatic heterocycles. The molecule has 102 valence electrons. The number of phenols is 1. The van der Waals surface area contributed by atoms with Crippen molar-refractivity contribution in [2.45, 2.75) is 6.04 Å². The number of aromatic hydroxyl groups is 1. The van der Waals surface area contributed by atoms with Crippen molar-refractivity contribution in [3.05, 3.63) is 29.6 Å². The van der Waals surface area contributed by atoms with Crippen LogP contribution in [-0.2, 0) is 0 Å². The smallest absolute Gasteiger partial charge is 0.131 e. The molecule has 1 saturated heterocycles. The topological polar surface area (TPSA) is 55.7 Å². The summed E-state index contributed by atoms with van der Waals surface area (Å²) in [5.41, 5.74) is 0.437. The van der Waals surface area contributed by atoms with Crippen LogP contribution in [0.4, 0.5) is 4.39 Å². The molecule has 1 atom stereocenters. The lowest BCUT2D eigenvalue weighted by Gasteiger charge is -2.34. The summed E-state index contributed by atoms with van der Waals surface area (Å²) in [5, 5.41) is 21.8. The fraction of sp³-hybridized carbons (Fsp3) is 0.500. The standard InChI is InChI=1S/C12H17FN2O2.ClH/c13-11-7-9(17)1-2-10(11)12(8-16)15-5-3-14-4-6-15;/h1-2,7,12,14,16-17H,3-6,8H2;1H/t12-;/m1./s1. The molecule has 1 heterocycles. The van der Waals surface area contributed by atoms with Crippen LogP contribution >= 0.6 is 12.4 Å². The van der Waals surface area contributed by atoms with Crippen molar-refractivity contribution < 1.29 is 14.6 Å². The van der Waals surface area contributed by atoms with Crippen LogP contribution in [0, 0.1) is 5.82 Å². The van der Waals surface area contributed by atoms with Crippen molar-refractivity contribution >= 4 is 12.4 Å². The summed E-state index contributed by atoms with van der Waals surface area (Å²) >= 11 is 0. The fourth-order valence-corrected chi connectivity index (χ4v) is 2.19.